The monoisotopic (exact) mass is 197 g/mol. The largest absolute Gasteiger partial charge is 0.391 e. The van der Waals surface area contributed by atoms with Crippen LogP contribution in [0.15, 0.2) is 4.52 Å². The van der Waals surface area contributed by atoms with Gasteiger partial charge in [0.05, 0.1) is 6.10 Å². The number of nitrogens with zero attached hydrogens (tertiary/aromatic N) is 2. The fourth-order valence-electron chi connectivity index (χ4n) is 1.23. The minimum absolute atomic E-state index is 0.0835. The third kappa shape index (κ3) is 1.53. The van der Waals surface area contributed by atoms with Crippen molar-refractivity contribution < 1.29 is 9.63 Å². The lowest BCUT2D eigenvalue weighted by atomic mass is 10.1. The molecular weight excluding hydrogens is 182 g/mol. The molecule has 5 heteroatoms. The average molecular weight is 197 g/mol. The minimum Gasteiger partial charge on any atom is -0.391 e. The third-order valence-corrected chi connectivity index (χ3v) is 2.79. The van der Waals surface area contributed by atoms with Crippen LogP contribution in [0.5, 0.6) is 0 Å². The molecule has 78 valence electrons. The lowest BCUT2D eigenvalue weighted by Gasteiger charge is -2.08. The van der Waals surface area contributed by atoms with Gasteiger partial charge in [0, 0.05) is 5.41 Å². The SMILES string of the molecule is C[C@@H](O)[C@H](N)c1nc(C2(C)CC2)no1. The van der Waals surface area contributed by atoms with E-state index < -0.39 is 12.1 Å². The lowest BCUT2D eigenvalue weighted by Crippen LogP contribution is -2.23. The van der Waals surface area contributed by atoms with Crippen LogP contribution < -0.4 is 5.73 Å². The fraction of sp³-hybridized carbons (Fsp3) is 0.778. The molecule has 2 atom stereocenters. The summed E-state index contributed by atoms with van der Waals surface area (Å²) in [6.07, 6.45) is 1.52. The van der Waals surface area contributed by atoms with Gasteiger partial charge < -0.3 is 15.4 Å². The molecule has 1 saturated carbocycles. The molecule has 5 nitrogen and oxygen atoms in total. The number of hydrogen-bond donors (Lipinski definition) is 2. The van der Waals surface area contributed by atoms with Crippen LogP contribution in [0.3, 0.4) is 0 Å². The van der Waals surface area contributed by atoms with Crippen LogP contribution >= 0.6 is 0 Å². The van der Waals surface area contributed by atoms with Crippen LogP contribution in [-0.2, 0) is 5.41 Å². The molecule has 0 radical (unpaired) electrons. The molecule has 1 aromatic heterocycles. The summed E-state index contributed by atoms with van der Waals surface area (Å²) in [4.78, 5) is 4.20. The molecular formula is C9H15N3O2. The molecule has 0 aromatic carbocycles. The number of rotatable bonds is 3. The Hall–Kier alpha value is -0.940. The summed E-state index contributed by atoms with van der Waals surface area (Å²) in [5.74, 6) is 1.03. The standard InChI is InChI=1S/C9H15N3O2/c1-5(13)6(10)7-11-8(12-14-7)9(2)3-4-9/h5-6,13H,3-4,10H2,1-2H3/t5-,6+/m1/s1. The van der Waals surface area contributed by atoms with Gasteiger partial charge in [-0.25, -0.2) is 0 Å². The van der Waals surface area contributed by atoms with Crippen molar-refractivity contribution in [1.82, 2.24) is 10.1 Å². The summed E-state index contributed by atoms with van der Waals surface area (Å²) in [7, 11) is 0. The molecule has 0 bridgehead atoms. The Bertz CT molecular complexity index is 331. The number of aliphatic hydroxyl groups is 1. The normalized spacial score (nSPS) is 23.1. The van der Waals surface area contributed by atoms with Crippen molar-refractivity contribution in [3.05, 3.63) is 11.7 Å². The fourth-order valence-corrected chi connectivity index (χ4v) is 1.23. The number of nitrogens with two attached hydrogens (primary N) is 1. The lowest BCUT2D eigenvalue weighted by molar-refractivity contribution is 0.146. The highest BCUT2D eigenvalue weighted by Gasteiger charge is 2.43. The van der Waals surface area contributed by atoms with Gasteiger partial charge in [-0.05, 0) is 19.8 Å². The molecule has 0 aliphatic heterocycles. The molecule has 14 heavy (non-hydrogen) atoms. The summed E-state index contributed by atoms with van der Waals surface area (Å²) in [6, 6.07) is -0.585. The van der Waals surface area contributed by atoms with E-state index in [4.69, 9.17) is 10.3 Å². The molecule has 0 spiro atoms. The second-order valence-electron chi connectivity index (χ2n) is 4.28. The Labute approximate surface area is 82.3 Å². The van der Waals surface area contributed by atoms with Gasteiger partial charge in [-0.2, -0.15) is 4.98 Å². The summed E-state index contributed by atoms with van der Waals surface area (Å²) < 4.78 is 5.01. The summed E-state index contributed by atoms with van der Waals surface area (Å²) >= 11 is 0. The maximum atomic E-state index is 9.25. The molecule has 1 aliphatic rings. The Morgan fingerprint density at radius 2 is 2.21 bits per heavy atom. The second-order valence-corrected chi connectivity index (χ2v) is 4.28. The zero-order chi connectivity index (χ0) is 10.3. The predicted molar refractivity (Wildman–Crippen MR) is 49.5 cm³/mol. The van der Waals surface area contributed by atoms with E-state index >= 15 is 0 Å². The predicted octanol–water partition coefficient (Wildman–Crippen LogP) is 0.502. The van der Waals surface area contributed by atoms with Crippen molar-refractivity contribution in [1.29, 1.82) is 0 Å². The number of hydrogen-bond acceptors (Lipinski definition) is 5. The maximum Gasteiger partial charge on any atom is 0.246 e. The van der Waals surface area contributed by atoms with Crippen molar-refractivity contribution in [3.8, 4) is 0 Å². The van der Waals surface area contributed by atoms with Crippen LogP contribution in [0, 0.1) is 0 Å². The quantitative estimate of drug-likeness (QED) is 0.737. The average Bonchev–Trinajstić information content (AvgIpc) is 2.69. The van der Waals surface area contributed by atoms with Gasteiger partial charge in [0.1, 0.15) is 6.04 Å². The van der Waals surface area contributed by atoms with Crippen LogP contribution in [-0.4, -0.2) is 21.4 Å². The van der Waals surface area contributed by atoms with Gasteiger partial charge in [0.2, 0.25) is 5.89 Å². The Morgan fingerprint density at radius 1 is 1.57 bits per heavy atom. The highest BCUT2D eigenvalue weighted by molar-refractivity contribution is 5.14. The highest BCUT2D eigenvalue weighted by Crippen LogP contribution is 2.46. The highest BCUT2D eigenvalue weighted by atomic mass is 16.5. The van der Waals surface area contributed by atoms with Crippen molar-refractivity contribution in [2.45, 2.75) is 44.2 Å². The van der Waals surface area contributed by atoms with Gasteiger partial charge in [-0.3, -0.25) is 0 Å². The van der Waals surface area contributed by atoms with E-state index in [9.17, 15) is 5.11 Å². The van der Waals surface area contributed by atoms with E-state index in [0.29, 0.717) is 11.7 Å². The van der Waals surface area contributed by atoms with Gasteiger partial charge in [-0.1, -0.05) is 12.1 Å². The van der Waals surface area contributed by atoms with E-state index in [2.05, 4.69) is 17.1 Å². The van der Waals surface area contributed by atoms with Crippen LogP contribution in [0.25, 0.3) is 0 Å². The summed E-state index contributed by atoms with van der Waals surface area (Å²) in [5, 5.41) is 13.1. The Balaban J connectivity index is 2.17. The minimum atomic E-state index is -0.671. The van der Waals surface area contributed by atoms with Crippen molar-refractivity contribution in [2.75, 3.05) is 0 Å². The summed E-state index contributed by atoms with van der Waals surface area (Å²) in [6.45, 7) is 3.70. The van der Waals surface area contributed by atoms with E-state index in [-0.39, 0.29) is 5.41 Å². The molecule has 1 fully saturated rings. The molecule has 0 unspecified atom stereocenters. The molecule has 1 heterocycles. The van der Waals surface area contributed by atoms with Gasteiger partial charge in [0.15, 0.2) is 5.82 Å². The molecule has 3 N–H and O–H groups in total. The number of aromatic nitrogens is 2. The molecule has 1 aromatic rings. The zero-order valence-electron chi connectivity index (χ0n) is 8.40. The second kappa shape index (κ2) is 3.03. The molecule has 1 aliphatic carbocycles. The first-order valence-corrected chi connectivity index (χ1v) is 4.81. The van der Waals surface area contributed by atoms with Gasteiger partial charge in [-0.15, -0.1) is 0 Å². The van der Waals surface area contributed by atoms with Crippen molar-refractivity contribution >= 4 is 0 Å². The van der Waals surface area contributed by atoms with Crippen molar-refractivity contribution in [3.63, 3.8) is 0 Å². The first kappa shape index (κ1) is 9.61. The van der Waals surface area contributed by atoms with E-state index in [1.165, 1.54) is 0 Å². The summed E-state index contributed by atoms with van der Waals surface area (Å²) in [5.41, 5.74) is 5.75. The Morgan fingerprint density at radius 3 is 2.71 bits per heavy atom. The third-order valence-electron chi connectivity index (χ3n) is 2.79. The van der Waals surface area contributed by atoms with Crippen LogP contribution in [0.2, 0.25) is 0 Å². The molecule has 2 rings (SSSR count). The topological polar surface area (TPSA) is 85.2 Å². The first-order chi connectivity index (χ1) is 6.53. The molecule has 0 amide bonds. The van der Waals surface area contributed by atoms with E-state index in [0.717, 1.165) is 12.8 Å². The van der Waals surface area contributed by atoms with Crippen LogP contribution in [0.4, 0.5) is 0 Å². The van der Waals surface area contributed by atoms with Gasteiger partial charge in [0.25, 0.3) is 0 Å². The molecule has 0 saturated heterocycles. The number of aliphatic hydroxyl groups excluding tert-OH is 1. The van der Waals surface area contributed by atoms with E-state index in [1.54, 1.807) is 6.92 Å². The maximum absolute atomic E-state index is 9.25. The van der Waals surface area contributed by atoms with Crippen molar-refractivity contribution in [2.24, 2.45) is 5.73 Å². The van der Waals surface area contributed by atoms with Crippen LogP contribution in [0.1, 0.15) is 44.4 Å². The van der Waals surface area contributed by atoms with E-state index in [1.807, 2.05) is 0 Å². The Kier molecular flexibility index (Phi) is 2.08. The smallest absolute Gasteiger partial charge is 0.246 e. The van der Waals surface area contributed by atoms with Gasteiger partial charge >= 0.3 is 0 Å². The zero-order valence-corrected chi connectivity index (χ0v) is 8.40. The first-order valence-electron chi connectivity index (χ1n) is 4.81.